The number of hydrazine groups is 1. The van der Waals surface area contributed by atoms with E-state index in [1.807, 2.05) is 6.92 Å². The molecule has 0 bridgehead atoms. The maximum absolute atomic E-state index is 12.0. The second-order valence-electron chi connectivity index (χ2n) is 5.16. The predicted octanol–water partition coefficient (Wildman–Crippen LogP) is 2.23. The average molecular weight is 264 g/mol. The van der Waals surface area contributed by atoms with Crippen LogP contribution < -0.4 is 16.6 Å². The summed E-state index contributed by atoms with van der Waals surface area (Å²) in [5, 5.41) is 2.89. The third-order valence-corrected chi connectivity index (χ3v) is 2.93. The number of anilines is 1. The van der Waals surface area contributed by atoms with Gasteiger partial charge in [-0.1, -0.05) is 26.7 Å². The summed E-state index contributed by atoms with van der Waals surface area (Å²) in [7, 11) is 0. The van der Waals surface area contributed by atoms with Crippen molar-refractivity contribution in [3.8, 4) is 0 Å². The van der Waals surface area contributed by atoms with Crippen LogP contribution in [0.5, 0.6) is 0 Å². The lowest BCUT2D eigenvalue weighted by molar-refractivity contribution is 0.0953. The molecular weight excluding hydrogens is 240 g/mol. The summed E-state index contributed by atoms with van der Waals surface area (Å²) < 4.78 is 0. The van der Waals surface area contributed by atoms with Crippen LogP contribution in [0.25, 0.3) is 0 Å². The quantitative estimate of drug-likeness (QED) is 0.401. The fourth-order valence-electron chi connectivity index (χ4n) is 1.83. The smallest absolute Gasteiger partial charge is 0.255 e. The summed E-state index contributed by atoms with van der Waals surface area (Å²) in [5.74, 6) is 5.99. The van der Waals surface area contributed by atoms with Gasteiger partial charge < -0.3 is 10.7 Å². The molecule has 0 unspecified atom stereocenters. The molecule has 1 aromatic heterocycles. The Labute approximate surface area is 115 Å². The predicted molar refractivity (Wildman–Crippen MR) is 77.8 cm³/mol. The van der Waals surface area contributed by atoms with Gasteiger partial charge in [0, 0.05) is 18.4 Å². The first-order valence-electron chi connectivity index (χ1n) is 6.76. The molecule has 0 saturated carbocycles. The Morgan fingerprint density at radius 3 is 2.79 bits per heavy atom. The minimum Gasteiger partial charge on any atom is -0.352 e. The molecule has 1 rings (SSSR count). The Hall–Kier alpha value is -1.62. The van der Waals surface area contributed by atoms with Crippen molar-refractivity contribution in [2.45, 2.75) is 40.0 Å². The highest BCUT2D eigenvalue weighted by atomic mass is 16.1. The first-order valence-corrected chi connectivity index (χ1v) is 6.76. The van der Waals surface area contributed by atoms with Crippen molar-refractivity contribution in [3.05, 3.63) is 23.5 Å². The normalized spacial score (nSPS) is 10.6. The topological polar surface area (TPSA) is 80.0 Å². The molecule has 19 heavy (non-hydrogen) atoms. The van der Waals surface area contributed by atoms with Gasteiger partial charge in [0.05, 0.1) is 11.3 Å². The lowest BCUT2D eigenvalue weighted by atomic mass is 10.1. The number of aromatic nitrogens is 1. The van der Waals surface area contributed by atoms with Gasteiger partial charge in [0.15, 0.2) is 0 Å². The van der Waals surface area contributed by atoms with E-state index in [0.29, 0.717) is 23.7 Å². The van der Waals surface area contributed by atoms with Crippen molar-refractivity contribution in [2.24, 2.45) is 11.8 Å². The van der Waals surface area contributed by atoms with E-state index in [-0.39, 0.29) is 5.91 Å². The molecule has 1 heterocycles. The Bertz CT molecular complexity index is 418. The number of nitrogen functional groups attached to an aromatic ring is 1. The second kappa shape index (κ2) is 7.74. The second-order valence-corrected chi connectivity index (χ2v) is 5.16. The van der Waals surface area contributed by atoms with Crippen LogP contribution in [0.3, 0.4) is 0 Å². The molecular formula is C14H24N4O. The van der Waals surface area contributed by atoms with E-state index >= 15 is 0 Å². The molecule has 0 aromatic carbocycles. The van der Waals surface area contributed by atoms with E-state index in [4.69, 9.17) is 5.84 Å². The van der Waals surface area contributed by atoms with Crippen LogP contribution in [0.1, 0.15) is 49.2 Å². The lowest BCUT2D eigenvalue weighted by Gasteiger charge is -2.10. The van der Waals surface area contributed by atoms with Crippen LogP contribution in [-0.4, -0.2) is 17.4 Å². The number of carbonyl (C=O) groups excluding carboxylic acids is 1. The number of carbonyl (C=O) groups is 1. The van der Waals surface area contributed by atoms with Gasteiger partial charge in [-0.05, 0) is 25.3 Å². The number of nitrogens with zero attached hydrogens (tertiary/aromatic N) is 1. The van der Waals surface area contributed by atoms with Crippen molar-refractivity contribution < 1.29 is 4.79 Å². The number of unbranched alkanes of at least 4 members (excludes halogenated alkanes) is 1. The number of aryl methyl sites for hydroxylation is 1. The van der Waals surface area contributed by atoms with Gasteiger partial charge >= 0.3 is 0 Å². The number of hydrogen-bond acceptors (Lipinski definition) is 4. The summed E-state index contributed by atoms with van der Waals surface area (Å²) in [4.78, 5) is 16.1. The van der Waals surface area contributed by atoms with Crippen LogP contribution in [0.2, 0.25) is 0 Å². The number of pyridine rings is 1. The monoisotopic (exact) mass is 264 g/mol. The summed E-state index contributed by atoms with van der Waals surface area (Å²) in [6.45, 7) is 6.95. The summed E-state index contributed by atoms with van der Waals surface area (Å²) in [6, 6.07) is 1.76. The van der Waals surface area contributed by atoms with Crippen LogP contribution in [0, 0.1) is 12.8 Å². The molecule has 4 N–H and O–H groups in total. The molecule has 0 fully saturated rings. The number of hydrogen-bond donors (Lipinski definition) is 3. The van der Waals surface area contributed by atoms with Crippen molar-refractivity contribution in [2.75, 3.05) is 12.0 Å². The molecule has 0 saturated heterocycles. The number of nitrogens with one attached hydrogen (secondary N) is 2. The fraction of sp³-hybridized carbons (Fsp3) is 0.571. The van der Waals surface area contributed by atoms with E-state index in [2.05, 4.69) is 29.6 Å². The molecule has 1 amide bonds. The van der Waals surface area contributed by atoms with Crippen molar-refractivity contribution in [1.29, 1.82) is 0 Å². The minimum absolute atomic E-state index is 0.134. The zero-order chi connectivity index (χ0) is 14.3. The molecule has 0 aliphatic carbocycles. The van der Waals surface area contributed by atoms with Crippen LogP contribution in [0.4, 0.5) is 5.69 Å². The van der Waals surface area contributed by atoms with Crippen molar-refractivity contribution in [3.63, 3.8) is 0 Å². The fourth-order valence-corrected chi connectivity index (χ4v) is 1.83. The largest absolute Gasteiger partial charge is 0.352 e. The zero-order valence-corrected chi connectivity index (χ0v) is 12.0. The van der Waals surface area contributed by atoms with E-state index in [9.17, 15) is 4.79 Å². The van der Waals surface area contributed by atoms with Gasteiger partial charge in [0.25, 0.3) is 5.91 Å². The van der Waals surface area contributed by atoms with Crippen LogP contribution >= 0.6 is 0 Å². The molecule has 0 spiro atoms. The van der Waals surface area contributed by atoms with E-state index < -0.39 is 0 Å². The Morgan fingerprint density at radius 2 is 2.16 bits per heavy atom. The highest BCUT2D eigenvalue weighted by Gasteiger charge is 2.11. The lowest BCUT2D eigenvalue weighted by Crippen LogP contribution is -2.26. The number of amides is 1. The first-order chi connectivity index (χ1) is 9.04. The number of nitrogens with two attached hydrogens (primary N) is 1. The highest BCUT2D eigenvalue weighted by Crippen LogP contribution is 2.14. The minimum atomic E-state index is -0.134. The Balaban J connectivity index is 2.45. The van der Waals surface area contributed by atoms with Gasteiger partial charge in [-0.2, -0.15) is 0 Å². The van der Waals surface area contributed by atoms with E-state index in [1.165, 1.54) is 6.42 Å². The Morgan fingerprint density at radius 1 is 1.42 bits per heavy atom. The third-order valence-electron chi connectivity index (χ3n) is 2.93. The number of rotatable bonds is 7. The molecule has 0 aliphatic heterocycles. The molecule has 1 aromatic rings. The summed E-state index contributed by atoms with van der Waals surface area (Å²) in [5.41, 5.74) is 4.44. The first kappa shape index (κ1) is 15.4. The van der Waals surface area contributed by atoms with Gasteiger partial charge in [-0.3, -0.25) is 15.6 Å². The molecule has 5 heteroatoms. The van der Waals surface area contributed by atoms with Crippen molar-refractivity contribution >= 4 is 11.6 Å². The van der Waals surface area contributed by atoms with Crippen molar-refractivity contribution in [1.82, 2.24) is 10.3 Å². The Kier molecular flexibility index (Phi) is 6.29. The van der Waals surface area contributed by atoms with Gasteiger partial charge in [0.1, 0.15) is 0 Å². The van der Waals surface area contributed by atoms with E-state index in [0.717, 1.165) is 18.5 Å². The molecule has 0 atom stereocenters. The summed E-state index contributed by atoms with van der Waals surface area (Å²) >= 11 is 0. The molecule has 0 radical (unpaired) electrons. The van der Waals surface area contributed by atoms with Gasteiger partial charge in [0.2, 0.25) is 0 Å². The zero-order valence-electron chi connectivity index (χ0n) is 12.0. The molecule has 5 nitrogen and oxygen atoms in total. The van der Waals surface area contributed by atoms with Gasteiger partial charge in [-0.15, -0.1) is 0 Å². The maximum atomic E-state index is 12.0. The maximum Gasteiger partial charge on any atom is 0.255 e. The van der Waals surface area contributed by atoms with Gasteiger partial charge in [-0.25, -0.2) is 0 Å². The summed E-state index contributed by atoms with van der Waals surface area (Å²) in [6.07, 6.45) is 4.87. The SMILES string of the molecule is Cc1cc(NN)c(C(=O)NCCCCC(C)C)cn1. The highest BCUT2D eigenvalue weighted by molar-refractivity contribution is 5.99. The standard InChI is InChI=1S/C14H24N4O/c1-10(2)6-4-5-7-16-14(19)12-9-17-11(3)8-13(12)18-15/h8-10H,4-7,15H2,1-3H3,(H,16,19)(H,17,18). The molecule has 106 valence electrons. The van der Waals surface area contributed by atoms with E-state index in [1.54, 1.807) is 12.3 Å². The third kappa shape index (κ3) is 5.26. The average Bonchev–Trinajstić information content (AvgIpc) is 2.37. The van der Waals surface area contributed by atoms with Crippen LogP contribution in [0.15, 0.2) is 12.3 Å². The molecule has 0 aliphatic rings. The van der Waals surface area contributed by atoms with Crippen LogP contribution in [-0.2, 0) is 0 Å².